The van der Waals surface area contributed by atoms with Crippen molar-refractivity contribution in [2.45, 2.75) is 39.5 Å². The van der Waals surface area contributed by atoms with Crippen molar-refractivity contribution in [3.05, 3.63) is 23.8 Å². The maximum Gasteiger partial charge on any atom is 0.166 e. The minimum Gasteiger partial charge on any atom is -0.493 e. The lowest BCUT2D eigenvalue weighted by molar-refractivity contribution is 0.0904. The molecule has 0 aliphatic heterocycles. The summed E-state index contributed by atoms with van der Waals surface area (Å²) in [7, 11) is 3.18. The Morgan fingerprint density at radius 2 is 1.63 bits per heavy atom. The predicted octanol–water partition coefficient (Wildman–Crippen LogP) is 4.10. The Bertz CT molecular complexity index is 406. The van der Waals surface area contributed by atoms with Gasteiger partial charge in [-0.15, -0.1) is 0 Å². The number of carbonyl (C=O) groups is 1. The molecule has 0 radical (unpaired) electrons. The summed E-state index contributed by atoms with van der Waals surface area (Å²) in [6.07, 6.45) is 3.95. The number of hydrogen-bond donors (Lipinski definition) is 0. The molecule has 1 aromatic rings. The van der Waals surface area contributed by atoms with E-state index in [0.717, 1.165) is 25.7 Å². The van der Waals surface area contributed by atoms with Crippen molar-refractivity contribution in [2.75, 3.05) is 14.2 Å². The molecule has 19 heavy (non-hydrogen) atoms. The molecule has 0 unspecified atom stereocenters. The monoisotopic (exact) mass is 264 g/mol. The Hall–Kier alpha value is -1.51. The zero-order chi connectivity index (χ0) is 14.3. The first-order valence-electron chi connectivity index (χ1n) is 6.94. The fraction of sp³-hybridized carbons (Fsp3) is 0.562. The molecule has 0 saturated heterocycles. The van der Waals surface area contributed by atoms with Gasteiger partial charge in [0.05, 0.1) is 14.2 Å². The highest BCUT2D eigenvalue weighted by Crippen LogP contribution is 2.29. The van der Waals surface area contributed by atoms with Gasteiger partial charge >= 0.3 is 0 Å². The van der Waals surface area contributed by atoms with Crippen LogP contribution in [0.15, 0.2) is 18.2 Å². The van der Waals surface area contributed by atoms with Crippen molar-refractivity contribution >= 4 is 5.78 Å². The van der Waals surface area contributed by atoms with Crippen molar-refractivity contribution in [3.63, 3.8) is 0 Å². The van der Waals surface area contributed by atoms with E-state index in [1.54, 1.807) is 26.4 Å². The number of benzene rings is 1. The van der Waals surface area contributed by atoms with E-state index in [2.05, 4.69) is 13.8 Å². The maximum absolute atomic E-state index is 12.5. The molecular weight excluding hydrogens is 240 g/mol. The van der Waals surface area contributed by atoms with E-state index in [1.165, 1.54) is 0 Å². The van der Waals surface area contributed by atoms with E-state index in [1.807, 2.05) is 6.07 Å². The number of ether oxygens (including phenoxy) is 2. The Morgan fingerprint density at radius 3 is 2.11 bits per heavy atom. The number of rotatable bonds is 8. The topological polar surface area (TPSA) is 35.5 Å². The highest BCUT2D eigenvalue weighted by Gasteiger charge is 2.19. The normalized spacial score (nSPS) is 10.6. The average molecular weight is 264 g/mol. The molecule has 0 fully saturated rings. The first-order chi connectivity index (χ1) is 9.17. The van der Waals surface area contributed by atoms with Crippen LogP contribution in [0.4, 0.5) is 0 Å². The van der Waals surface area contributed by atoms with Crippen molar-refractivity contribution < 1.29 is 14.3 Å². The highest BCUT2D eigenvalue weighted by atomic mass is 16.5. The molecule has 0 bridgehead atoms. The average Bonchev–Trinajstić information content (AvgIpc) is 2.45. The molecule has 0 amide bonds. The van der Waals surface area contributed by atoms with Gasteiger partial charge in [-0.2, -0.15) is 0 Å². The SMILES string of the molecule is CCCC(CCC)C(=O)c1ccc(OC)c(OC)c1. The standard InChI is InChI=1S/C16H24O3/c1-5-7-12(8-6-2)16(17)13-9-10-14(18-3)15(11-13)19-4/h9-12H,5-8H2,1-4H3. The first-order valence-corrected chi connectivity index (χ1v) is 6.94. The summed E-state index contributed by atoms with van der Waals surface area (Å²) < 4.78 is 10.4. The van der Waals surface area contributed by atoms with Crippen LogP contribution in [0.2, 0.25) is 0 Å². The quantitative estimate of drug-likeness (QED) is 0.663. The number of ketones is 1. The fourth-order valence-electron chi connectivity index (χ4n) is 2.33. The Labute approximate surface area is 115 Å². The minimum absolute atomic E-state index is 0.119. The van der Waals surface area contributed by atoms with Gasteiger partial charge < -0.3 is 9.47 Å². The van der Waals surface area contributed by atoms with Crippen LogP contribution in [-0.2, 0) is 0 Å². The van der Waals surface area contributed by atoms with Gasteiger partial charge in [-0.05, 0) is 31.0 Å². The number of methoxy groups -OCH3 is 2. The van der Waals surface area contributed by atoms with E-state index in [4.69, 9.17) is 9.47 Å². The lowest BCUT2D eigenvalue weighted by Crippen LogP contribution is -2.14. The summed E-state index contributed by atoms with van der Waals surface area (Å²) in [4.78, 5) is 12.5. The van der Waals surface area contributed by atoms with Crippen molar-refractivity contribution in [1.82, 2.24) is 0 Å². The van der Waals surface area contributed by atoms with Crippen LogP contribution < -0.4 is 9.47 Å². The molecule has 3 nitrogen and oxygen atoms in total. The van der Waals surface area contributed by atoms with Gasteiger partial charge in [-0.3, -0.25) is 4.79 Å². The lowest BCUT2D eigenvalue weighted by atomic mass is 9.89. The third-order valence-corrected chi connectivity index (χ3v) is 3.31. The predicted molar refractivity (Wildman–Crippen MR) is 77.2 cm³/mol. The number of Topliss-reactive ketones (excluding diaryl/α,β-unsaturated/α-hetero) is 1. The summed E-state index contributed by atoms with van der Waals surface area (Å²) in [5.74, 6) is 1.60. The largest absolute Gasteiger partial charge is 0.493 e. The van der Waals surface area contributed by atoms with E-state index in [-0.39, 0.29) is 11.7 Å². The van der Waals surface area contributed by atoms with E-state index in [9.17, 15) is 4.79 Å². The third-order valence-electron chi connectivity index (χ3n) is 3.31. The summed E-state index contributed by atoms with van der Waals surface area (Å²) in [5.41, 5.74) is 0.713. The fourth-order valence-corrected chi connectivity index (χ4v) is 2.33. The summed E-state index contributed by atoms with van der Waals surface area (Å²) in [5, 5.41) is 0. The lowest BCUT2D eigenvalue weighted by Gasteiger charge is -2.15. The molecule has 1 rings (SSSR count). The molecule has 1 aromatic carbocycles. The van der Waals surface area contributed by atoms with Crippen molar-refractivity contribution in [3.8, 4) is 11.5 Å². The smallest absolute Gasteiger partial charge is 0.166 e. The zero-order valence-electron chi connectivity index (χ0n) is 12.4. The van der Waals surface area contributed by atoms with Crippen molar-refractivity contribution in [1.29, 1.82) is 0 Å². The highest BCUT2D eigenvalue weighted by molar-refractivity contribution is 5.98. The molecule has 0 aliphatic rings. The second kappa shape index (κ2) is 7.82. The Balaban J connectivity index is 2.97. The van der Waals surface area contributed by atoms with Crippen LogP contribution in [0.1, 0.15) is 49.9 Å². The second-order valence-corrected chi connectivity index (χ2v) is 4.71. The van der Waals surface area contributed by atoms with E-state index in [0.29, 0.717) is 17.1 Å². The van der Waals surface area contributed by atoms with Gasteiger partial charge in [0.2, 0.25) is 0 Å². The van der Waals surface area contributed by atoms with Gasteiger partial charge in [0.25, 0.3) is 0 Å². The van der Waals surface area contributed by atoms with Gasteiger partial charge in [0.15, 0.2) is 17.3 Å². The summed E-state index contributed by atoms with van der Waals surface area (Å²) in [6, 6.07) is 5.39. The van der Waals surface area contributed by atoms with Crippen molar-refractivity contribution in [2.24, 2.45) is 5.92 Å². The molecule has 3 heteroatoms. The van der Waals surface area contributed by atoms with Crippen LogP contribution in [-0.4, -0.2) is 20.0 Å². The Kier molecular flexibility index (Phi) is 6.40. The van der Waals surface area contributed by atoms with Crippen LogP contribution in [0, 0.1) is 5.92 Å². The summed E-state index contributed by atoms with van der Waals surface area (Å²) in [6.45, 7) is 4.23. The minimum atomic E-state index is 0.119. The van der Waals surface area contributed by atoms with E-state index >= 15 is 0 Å². The van der Waals surface area contributed by atoms with Crippen LogP contribution >= 0.6 is 0 Å². The molecule has 106 valence electrons. The molecule has 0 spiro atoms. The van der Waals surface area contributed by atoms with E-state index < -0.39 is 0 Å². The zero-order valence-corrected chi connectivity index (χ0v) is 12.4. The first kappa shape index (κ1) is 15.5. The van der Waals surface area contributed by atoms with Gasteiger partial charge in [-0.1, -0.05) is 26.7 Å². The molecular formula is C16H24O3. The Morgan fingerprint density at radius 1 is 1.05 bits per heavy atom. The van der Waals surface area contributed by atoms with Gasteiger partial charge in [0, 0.05) is 11.5 Å². The maximum atomic E-state index is 12.5. The van der Waals surface area contributed by atoms with Gasteiger partial charge in [0.1, 0.15) is 0 Å². The number of hydrogen-bond acceptors (Lipinski definition) is 3. The second-order valence-electron chi connectivity index (χ2n) is 4.71. The van der Waals surface area contributed by atoms with Crippen LogP contribution in [0.3, 0.4) is 0 Å². The number of carbonyl (C=O) groups excluding carboxylic acids is 1. The molecule has 0 N–H and O–H groups in total. The molecule has 0 aromatic heterocycles. The molecule has 0 atom stereocenters. The molecule has 0 aliphatic carbocycles. The van der Waals surface area contributed by atoms with Crippen LogP contribution in [0.25, 0.3) is 0 Å². The van der Waals surface area contributed by atoms with Gasteiger partial charge in [-0.25, -0.2) is 0 Å². The summed E-state index contributed by atoms with van der Waals surface area (Å²) >= 11 is 0. The molecule has 0 saturated carbocycles. The molecule has 0 heterocycles. The third kappa shape index (κ3) is 3.98. The van der Waals surface area contributed by atoms with Crippen LogP contribution in [0.5, 0.6) is 11.5 Å².